The molecule has 8 aromatic carbocycles. The van der Waals surface area contributed by atoms with Crippen LogP contribution in [0.15, 0.2) is 152 Å². The first kappa shape index (κ1) is 24.8. The van der Waals surface area contributed by atoms with Crippen molar-refractivity contribution in [3.05, 3.63) is 152 Å². The van der Waals surface area contributed by atoms with Gasteiger partial charge in [0.25, 0.3) is 0 Å². The minimum absolute atomic E-state index is 1.03. The molecule has 2 heterocycles. The van der Waals surface area contributed by atoms with E-state index >= 15 is 0 Å². The van der Waals surface area contributed by atoms with Gasteiger partial charge < -0.3 is 0 Å². The van der Waals surface area contributed by atoms with Gasteiger partial charge in [-0.3, -0.25) is 0 Å². The molecule has 0 aliphatic heterocycles. The summed E-state index contributed by atoms with van der Waals surface area (Å²) >= 11 is 1.90. The van der Waals surface area contributed by atoms with Crippen LogP contribution in [0.3, 0.4) is 0 Å². The first-order valence-electron chi connectivity index (χ1n) is 15.4. The van der Waals surface area contributed by atoms with Gasteiger partial charge in [-0.25, -0.2) is 4.98 Å². The summed E-state index contributed by atoms with van der Waals surface area (Å²) in [6.45, 7) is 0. The standard InChI is InChI=1S/C43H25NS/c1-2-12-26(13-3-1)42-37-25-35(27-22-23-32-30-16-5-4-14-28(30)29-15-6-7-17-31(29)36(32)24-27)43-41(34-19-9-11-21-39(34)45-43)40(37)33-18-8-10-20-38(33)44-42/h1-25H. The summed E-state index contributed by atoms with van der Waals surface area (Å²) in [7, 11) is 0. The largest absolute Gasteiger partial charge is 0.247 e. The average molecular weight is 588 g/mol. The first-order valence-corrected chi connectivity index (χ1v) is 16.2. The van der Waals surface area contributed by atoms with E-state index in [0.717, 1.165) is 16.8 Å². The van der Waals surface area contributed by atoms with Gasteiger partial charge in [0.15, 0.2) is 0 Å². The lowest BCUT2D eigenvalue weighted by atomic mass is 9.89. The number of pyridine rings is 1. The van der Waals surface area contributed by atoms with Gasteiger partial charge in [0.05, 0.1) is 11.2 Å². The molecule has 0 amide bonds. The van der Waals surface area contributed by atoms with Crippen LogP contribution in [0, 0.1) is 0 Å². The van der Waals surface area contributed by atoms with Crippen molar-refractivity contribution in [2.45, 2.75) is 0 Å². The molecule has 45 heavy (non-hydrogen) atoms. The summed E-state index contributed by atoms with van der Waals surface area (Å²) in [5, 5.41) is 14.1. The number of fused-ring (bicyclic) bond motifs is 13. The van der Waals surface area contributed by atoms with Gasteiger partial charge in [-0.1, -0.05) is 127 Å². The predicted octanol–water partition coefficient (Wildman–Crippen LogP) is 12.5. The van der Waals surface area contributed by atoms with Crippen LogP contribution in [0.1, 0.15) is 0 Å². The first-order chi connectivity index (χ1) is 22.3. The number of rotatable bonds is 2. The fraction of sp³-hybridized carbons (Fsp3) is 0. The van der Waals surface area contributed by atoms with E-state index in [1.807, 2.05) is 11.3 Å². The van der Waals surface area contributed by atoms with Crippen LogP contribution in [-0.2, 0) is 0 Å². The highest BCUT2D eigenvalue weighted by atomic mass is 32.1. The number of benzene rings is 8. The molecule has 0 unspecified atom stereocenters. The van der Waals surface area contributed by atoms with Crippen LogP contribution >= 0.6 is 11.3 Å². The van der Waals surface area contributed by atoms with E-state index in [2.05, 4.69) is 152 Å². The Kier molecular flexibility index (Phi) is 5.22. The molecular formula is C43H25NS. The second-order valence-electron chi connectivity index (χ2n) is 11.8. The number of hydrogen-bond donors (Lipinski definition) is 0. The molecule has 0 spiro atoms. The summed E-state index contributed by atoms with van der Waals surface area (Å²) in [6, 6.07) is 55.3. The van der Waals surface area contributed by atoms with Crippen LogP contribution in [0.5, 0.6) is 0 Å². The summed E-state index contributed by atoms with van der Waals surface area (Å²) in [5.74, 6) is 0. The molecule has 10 aromatic rings. The maximum Gasteiger partial charge on any atom is 0.0788 e. The van der Waals surface area contributed by atoms with E-state index in [-0.39, 0.29) is 0 Å². The minimum atomic E-state index is 1.03. The molecule has 208 valence electrons. The summed E-state index contributed by atoms with van der Waals surface area (Å²) in [4.78, 5) is 5.31. The van der Waals surface area contributed by atoms with E-state index in [1.54, 1.807) is 0 Å². The fourth-order valence-electron chi connectivity index (χ4n) is 7.44. The summed E-state index contributed by atoms with van der Waals surface area (Å²) < 4.78 is 2.63. The molecule has 10 rings (SSSR count). The molecule has 0 saturated carbocycles. The van der Waals surface area contributed by atoms with Gasteiger partial charge in [0, 0.05) is 47.5 Å². The third-order valence-corrected chi connectivity index (χ3v) is 10.6. The highest BCUT2D eigenvalue weighted by Crippen LogP contribution is 2.48. The quantitative estimate of drug-likeness (QED) is 0.183. The molecule has 1 nitrogen and oxygen atoms in total. The zero-order chi connectivity index (χ0) is 29.5. The van der Waals surface area contributed by atoms with Crippen LogP contribution in [0.25, 0.3) is 96.5 Å². The number of hydrogen-bond acceptors (Lipinski definition) is 2. The van der Waals surface area contributed by atoms with Crippen molar-refractivity contribution in [1.82, 2.24) is 4.98 Å². The smallest absolute Gasteiger partial charge is 0.0788 e. The maximum absolute atomic E-state index is 5.31. The Morgan fingerprint density at radius 3 is 1.69 bits per heavy atom. The Labute approximate surface area is 263 Å². The van der Waals surface area contributed by atoms with Crippen molar-refractivity contribution in [3.8, 4) is 22.4 Å². The minimum Gasteiger partial charge on any atom is -0.247 e. The van der Waals surface area contributed by atoms with Gasteiger partial charge in [-0.05, 0) is 62.1 Å². The van der Waals surface area contributed by atoms with Crippen molar-refractivity contribution < 1.29 is 0 Å². The Morgan fingerprint density at radius 1 is 0.378 bits per heavy atom. The average Bonchev–Trinajstić information content (AvgIpc) is 3.51. The fourth-order valence-corrected chi connectivity index (χ4v) is 8.68. The van der Waals surface area contributed by atoms with Crippen molar-refractivity contribution in [1.29, 1.82) is 0 Å². The zero-order valence-corrected chi connectivity index (χ0v) is 25.1. The Balaban J connectivity index is 1.40. The van der Waals surface area contributed by atoms with Crippen molar-refractivity contribution in [2.24, 2.45) is 0 Å². The van der Waals surface area contributed by atoms with Crippen LogP contribution in [0.2, 0.25) is 0 Å². The summed E-state index contributed by atoms with van der Waals surface area (Å²) in [5.41, 5.74) is 5.67. The number of nitrogens with zero attached hydrogens (tertiary/aromatic N) is 1. The Hall–Kier alpha value is -5.57. The molecule has 0 aliphatic rings. The number of thiophene rings is 1. The maximum atomic E-state index is 5.31. The zero-order valence-electron chi connectivity index (χ0n) is 24.3. The van der Waals surface area contributed by atoms with Crippen LogP contribution in [-0.4, -0.2) is 4.98 Å². The van der Waals surface area contributed by atoms with Gasteiger partial charge >= 0.3 is 0 Å². The molecular weight excluding hydrogens is 563 g/mol. The molecule has 0 atom stereocenters. The molecule has 0 N–H and O–H groups in total. The third-order valence-electron chi connectivity index (χ3n) is 9.41. The molecule has 0 saturated heterocycles. The third kappa shape index (κ3) is 3.58. The van der Waals surface area contributed by atoms with E-state index in [9.17, 15) is 0 Å². The second-order valence-corrected chi connectivity index (χ2v) is 12.9. The summed E-state index contributed by atoms with van der Waals surface area (Å²) in [6.07, 6.45) is 0. The van der Waals surface area contributed by atoms with Crippen molar-refractivity contribution in [3.63, 3.8) is 0 Å². The lowest BCUT2D eigenvalue weighted by Gasteiger charge is -2.16. The number of aromatic nitrogens is 1. The van der Waals surface area contributed by atoms with E-state index in [4.69, 9.17) is 4.98 Å². The SMILES string of the molecule is c1ccc(-c2nc3ccccc3c3c2cc(-c2ccc4c5ccccc5c5ccccc5c4c2)c2sc4ccccc4c23)cc1. The van der Waals surface area contributed by atoms with Gasteiger partial charge in [0.2, 0.25) is 0 Å². The van der Waals surface area contributed by atoms with Gasteiger partial charge in [-0.2, -0.15) is 0 Å². The van der Waals surface area contributed by atoms with Gasteiger partial charge in [-0.15, -0.1) is 11.3 Å². The van der Waals surface area contributed by atoms with Gasteiger partial charge in [0.1, 0.15) is 0 Å². The number of para-hydroxylation sites is 1. The van der Waals surface area contributed by atoms with Crippen LogP contribution in [0.4, 0.5) is 0 Å². The molecule has 0 aliphatic carbocycles. The van der Waals surface area contributed by atoms with E-state index in [0.29, 0.717) is 0 Å². The predicted molar refractivity (Wildman–Crippen MR) is 196 cm³/mol. The molecule has 2 aromatic heterocycles. The molecule has 0 bridgehead atoms. The Morgan fingerprint density at radius 2 is 0.956 bits per heavy atom. The highest BCUT2D eigenvalue weighted by molar-refractivity contribution is 7.26. The van der Waals surface area contributed by atoms with Crippen molar-refractivity contribution >= 4 is 85.5 Å². The molecule has 2 heteroatoms. The normalized spacial score (nSPS) is 12.0. The second kappa shape index (κ2) is 9.46. The van der Waals surface area contributed by atoms with E-state index in [1.165, 1.54) is 79.8 Å². The van der Waals surface area contributed by atoms with E-state index < -0.39 is 0 Å². The molecule has 0 fully saturated rings. The molecule has 0 radical (unpaired) electrons. The topological polar surface area (TPSA) is 12.9 Å². The lowest BCUT2D eigenvalue weighted by molar-refractivity contribution is 1.43. The lowest BCUT2D eigenvalue weighted by Crippen LogP contribution is -1.92. The Bertz CT molecular complexity index is 2770. The monoisotopic (exact) mass is 587 g/mol. The van der Waals surface area contributed by atoms with Crippen LogP contribution < -0.4 is 0 Å². The highest BCUT2D eigenvalue weighted by Gasteiger charge is 2.20. The van der Waals surface area contributed by atoms with Crippen molar-refractivity contribution in [2.75, 3.05) is 0 Å².